The van der Waals surface area contributed by atoms with Crippen LogP contribution in [0.2, 0.25) is 0 Å². The van der Waals surface area contributed by atoms with Crippen LogP contribution in [0.4, 0.5) is 4.79 Å². The number of pyridine rings is 1. The average molecular weight is 387 g/mol. The van der Waals surface area contributed by atoms with Gasteiger partial charge in [0.2, 0.25) is 0 Å². The Morgan fingerprint density at radius 1 is 1.21 bits per heavy atom. The van der Waals surface area contributed by atoms with Crippen LogP contribution >= 0.6 is 0 Å². The SMILES string of the molecule is Cc1cc(C(=O)NCCNC(=O)OC(C)(C)C)c2cnn(C3CCCC3)c2n1. The van der Waals surface area contributed by atoms with Crippen LogP contribution in [0.15, 0.2) is 12.3 Å². The molecule has 2 amide bonds. The number of hydrogen-bond donors (Lipinski definition) is 2. The number of nitrogens with zero attached hydrogens (tertiary/aromatic N) is 3. The number of aromatic nitrogens is 3. The third-order valence-corrected chi connectivity index (χ3v) is 4.69. The molecule has 152 valence electrons. The van der Waals surface area contributed by atoms with Gasteiger partial charge in [-0.15, -0.1) is 0 Å². The van der Waals surface area contributed by atoms with Crippen molar-refractivity contribution >= 4 is 23.0 Å². The maximum Gasteiger partial charge on any atom is 0.407 e. The molecule has 28 heavy (non-hydrogen) atoms. The molecule has 0 atom stereocenters. The van der Waals surface area contributed by atoms with Gasteiger partial charge in [-0.25, -0.2) is 14.5 Å². The third kappa shape index (κ3) is 4.79. The Bertz CT molecular complexity index is 863. The van der Waals surface area contributed by atoms with E-state index in [2.05, 4.69) is 20.7 Å². The summed E-state index contributed by atoms with van der Waals surface area (Å²) in [5.41, 5.74) is 1.56. The summed E-state index contributed by atoms with van der Waals surface area (Å²) < 4.78 is 7.14. The molecule has 0 spiro atoms. The molecule has 8 heteroatoms. The standard InChI is InChI=1S/C20H29N5O3/c1-13-11-15(18(26)21-9-10-22-19(27)28-20(2,3)4)16-12-23-25(17(16)24-13)14-7-5-6-8-14/h11-12,14H,5-10H2,1-4H3,(H,21,26)(H,22,27). The van der Waals surface area contributed by atoms with Crippen molar-refractivity contribution in [2.75, 3.05) is 13.1 Å². The first-order valence-electron chi connectivity index (χ1n) is 9.84. The topological polar surface area (TPSA) is 98.1 Å². The first-order valence-corrected chi connectivity index (χ1v) is 9.84. The Balaban J connectivity index is 1.64. The summed E-state index contributed by atoms with van der Waals surface area (Å²) in [6.45, 7) is 7.88. The highest BCUT2D eigenvalue weighted by molar-refractivity contribution is 6.05. The molecular weight excluding hydrogens is 358 g/mol. The highest BCUT2D eigenvalue weighted by Crippen LogP contribution is 2.31. The summed E-state index contributed by atoms with van der Waals surface area (Å²) in [5, 5.41) is 10.7. The van der Waals surface area contributed by atoms with Crippen molar-refractivity contribution in [3.63, 3.8) is 0 Å². The Morgan fingerprint density at radius 2 is 1.89 bits per heavy atom. The van der Waals surface area contributed by atoms with Gasteiger partial charge in [0, 0.05) is 18.8 Å². The molecule has 0 bridgehead atoms. The molecule has 2 aromatic heterocycles. The summed E-state index contributed by atoms with van der Waals surface area (Å²) in [5.74, 6) is -0.201. The lowest BCUT2D eigenvalue weighted by Gasteiger charge is -2.19. The van der Waals surface area contributed by atoms with E-state index < -0.39 is 11.7 Å². The number of rotatable bonds is 5. The number of carbonyl (C=O) groups is 2. The van der Waals surface area contributed by atoms with Crippen molar-refractivity contribution in [3.05, 3.63) is 23.5 Å². The second kappa shape index (κ2) is 8.16. The van der Waals surface area contributed by atoms with Crippen molar-refractivity contribution in [1.29, 1.82) is 0 Å². The van der Waals surface area contributed by atoms with Crippen LogP contribution in [0.3, 0.4) is 0 Å². The lowest BCUT2D eigenvalue weighted by Crippen LogP contribution is -2.37. The largest absolute Gasteiger partial charge is 0.444 e. The Kier molecular flexibility index (Phi) is 5.86. The van der Waals surface area contributed by atoms with E-state index in [-0.39, 0.29) is 12.5 Å². The molecule has 0 aromatic carbocycles. The lowest BCUT2D eigenvalue weighted by atomic mass is 10.1. The number of hydrogen-bond acceptors (Lipinski definition) is 5. The number of carbonyl (C=O) groups excluding carboxylic acids is 2. The van der Waals surface area contributed by atoms with E-state index in [4.69, 9.17) is 4.74 Å². The molecular formula is C20H29N5O3. The van der Waals surface area contributed by atoms with Gasteiger partial charge in [0.1, 0.15) is 5.60 Å². The van der Waals surface area contributed by atoms with Crippen molar-refractivity contribution in [3.8, 4) is 0 Å². The molecule has 3 rings (SSSR count). The first kappa shape index (κ1) is 20.1. The average Bonchev–Trinajstić information content (AvgIpc) is 3.25. The number of amides is 2. The molecule has 1 saturated carbocycles. The van der Waals surface area contributed by atoms with E-state index in [1.54, 1.807) is 33.0 Å². The Hall–Kier alpha value is -2.64. The van der Waals surface area contributed by atoms with Crippen LogP contribution < -0.4 is 10.6 Å². The van der Waals surface area contributed by atoms with Crippen LogP contribution in [0.5, 0.6) is 0 Å². The molecule has 2 aromatic rings. The monoisotopic (exact) mass is 387 g/mol. The van der Waals surface area contributed by atoms with Crippen LogP contribution in [-0.4, -0.2) is 45.5 Å². The molecule has 8 nitrogen and oxygen atoms in total. The summed E-state index contributed by atoms with van der Waals surface area (Å²) in [6.07, 6.45) is 5.84. The number of fused-ring (bicyclic) bond motifs is 1. The molecule has 1 fully saturated rings. The molecule has 1 aliphatic carbocycles. The smallest absolute Gasteiger partial charge is 0.407 e. The molecule has 0 saturated heterocycles. The summed E-state index contributed by atoms with van der Waals surface area (Å²) >= 11 is 0. The molecule has 0 radical (unpaired) electrons. The van der Waals surface area contributed by atoms with Crippen molar-refractivity contribution in [1.82, 2.24) is 25.4 Å². The molecule has 2 heterocycles. The van der Waals surface area contributed by atoms with E-state index in [0.29, 0.717) is 18.2 Å². The Labute approximate surface area is 165 Å². The number of nitrogens with one attached hydrogen (secondary N) is 2. The van der Waals surface area contributed by atoms with Crippen molar-refractivity contribution in [2.24, 2.45) is 0 Å². The Morgan fingerprint density at radius 3 is 2.57 bits per heavy atom. The van der Waals surface area contributed by atoms with E-state index in [1.165, 1.54) is 12.8 Å². The third-order valence-electron chi connectivity index (χ3n) is 4.69. The lowest BCUT2D eigenvalue weighted by molar-refractivity contribution is 0.0526. The first-order chi connectivity index (χ1) is 13.2. The highest BCUT2D eigenvalue weighted by atomic mass is 16.6. The maximum absolute atomic E-state index is 12.7. The minimum absolute atomic E-state index is 0.201. The van der Waals surface area contributed by atoms with Crippen molar-refractivity contribution < 1.29 is 14.3 Å². The quantitative estimate of drug-likeness (QED) is 0.768. The van der Waals surface area contributed by atoms with Crippen LogP contribution in [0.1, 0.15) is 68.5 Å². The molecule has 1 aliphatic rings. The second-order valence-electron chi connectivity index (χ2n) is 8.26. The van der Waals surface area contributed by atoms with Gasteiger partial charge in [-0.2, -0.15) is 5.10 Å². The van der Waals surface area contributed by atoms with Crippen molar-refractivity contribution in [2.45, 2.75) is 65.0 Å². The zero-order chi connectivity index (χ0) is 20.3. The zero-order valence-electron chi connectivity index (χ0n) is 17.0. The maximum atomic E-state index is 12.7. The van der Waals surface area contributed by atoms with Gasteiger partial charge in [0.25, 0.3) is 5.91 Å². The van der Waals surface area contributed by atoms with Gasteiger partial charge in [0.15, 0.2) is 5.65 Å². The summed E-state index contributed by atoms with van der Waals surface area (Å²) in [6, 6.07) is 2.14. The molecule has 0 aliphatic heterocycles. The normalized spacial score (nSPS) is 15.0. The molecule has 2 N–H and O–H groups in total. The predicted octanol–water partition coefficient (Wildman–Crippen LogP) is 3.11. The minimum atomic E-state index is -0.549. The fourth-order valence-corrected chi connectivity index (χ4v) is 3.50. The van der Waals surface area contributed by atoms with Gasteiger partial charge in [0.05, 0.1) is 23.2 Å². The second-order valence-corrected chi connectivity index (χ2v) is 8.26. The number of aryl methyl sites for hydroxylation is 1. The van der Waals surface area contributed by atoms with E-state index >= 15 is 0 Å². The summed E-state index contributed by atoms with van der Waals surface area (Å²) in [7, 11) is 0. The highest BCUT2D eigenvalue weighted by Gasteiger charge is 2.22. The van der Waals surface area contributed by atoms with Gasteiger partial charge in [-0.3, -0.25) is 4.79 Å². The van der Waals surface area contributed by atoms with Gasteiger partial charge in [-0.1, -0.05) is 12.8 Å². The molecule has 0 unspecified atom stereocenters. The van der Waals surface area contributed by atoms with E-state index in [1.807, 2.05) is 11.6 Å². The predicted molar refractivity (Wildman–Crippen MR) is 106 cm³/mol. The van der Waals surface area contributed by atoms with Crippen LogP contribution in [-0.2, 0) is 4.74 Å². The van der Waals surface area contributed by atoms with Gasteiger partial charge < -0.3 is 15.4 Å². The van der Waals surface area contributed by atoms with E-state index in [0.717, 1.165) is 29.6 Å². The minimum Gasteiger partial charge on any atom is -0.444 e. The fourth-order valence-electron chi connectivity index (χ4n) is 3.50. The fraction of sp³-hybridized carbons (Fsp3) is 0.600. The number of ether oxygens (including phenoxy) is 1. The van der Waals surface area contributed by atoms with E-state index in [9.17, 15) is 9.59 Å². The van der Waals surface area contributed by atoms with Gasteiger partial charge in [-0.05, 0) is 46.6 Å². The van der Waals surface area contributed by atoms with Gasteiger partial charge >= 0.3 is 6.09 Å². The summed E-state index contributed by atoms with van der Waals surface area (Å²) in [4.78, 5) is 29.0. The zero-order valence-corrected chi connectivity index (χ0v) is 17.0. The van der Waals surface area contributed by atoms with Crippen LogP contribution in [0, 0.1) is 6.92 Å². The number of alkyl carbamates (subject to hydrolysis) is 1. The van der Waals surface area contributed by atoms with Crippen LogP contribution in [0.25, 0.3) is 11.0 Å².